The number of hydrogen-bond acceptors (Lipinski definition) is 9. The van der Waals surface area contributed by atoms with E-state index in [-0.39, 0.29) is 41.6 Å². The molecule has 4 rings (SSSR count). The summed E-state index contributed by atoms with van der Waals surface area (Å²) in [4.78, 5) is 34.7. The summed E-state index contributed by atoms with van der Waals surface area (Å²) in [5.41, 5.74) is 11.3. The molecule has 13 heteroatoms. The highest BCUT2D eigenvalue weighted by Crippen LogP contribution is 2.39. The minimum Gasteiger partial charge on any atom is -0.444 e. The molecule has 3 atom stereocenters. The Bertz CT molecular complexity index is 1390. The van der Waals surface area contributed by atoms with Crippen LogP contribution in [0.3, 0.4) is 0 Å². The van der Waals surface area contributed by atoms with Gasteiger partial charge in [-0.15, -0.1) is 0 Å². The number of halogens is 2. The number of carbonyl (C=O) groups is 1. The van der Waals surface area contributed by atoms with Gasteiger partial charge in [-0.25, -0.2) is 24.6 Å². The number of aromatic nitrogens is 2. The molecule has 1 amide bonds. The smallest absolute Gasteiger partial charge is 0.410 e. The third kappa shape index (κ3) is 7.92. The van der Waals surface area contributed by atoms with Gasteiger partial charge in [-0.3, -0.25) is 9.83 Å². The summed E-state index contributed by atoms with van der Waals surface area (Å²) in [5.74, 6) is 0.264. The van der Waals surface area contributed by atoms with E-state index < -0.39 is 20.0 Å². The van der Waals surface area contributed by atoms with Gasteiger partial charge in [-0.1, -0.05) is 42.8 Å². The zero-order valence-electron chi connectivity index (χ0n) is 26.5. The molecule has 0 saturated carbocycles. The first-order valence-corrected chi connectivity index (χ1v) is 18.3. The first-order valence-electron chi connectivity index (χ1n) is 14.6. The van der Waals surface area contributed by atoms with E-state index in [9.17, 15) is 9.18 Å². The van der Waals surface area contributed by atoms with E-state index in [4.69, 9.17) is 24.7 Å². The maximum absolute atomic E-state index is 13.8. The van der Waals surface area contributed by atoms with Crippen LogP contribution >= 0.6 is 15.9 Å². The van der Waals surface area contributed by atoms with E-state index in [0.29, 0.717) is 46.6 Å². The van der Waals surface area contributed by atoms with Crippen LogP contribution in [0.2, 0.25) is 18.1 Å². The molecule has 0 unspecified atom stereocenters. The van der Waals surface area contributed by atoms with Crippen molar-refractivity contribution < 1.29 is 23.2 Å². The van der Waals surface area contributed by atoms with Crippen molar-refractivity contribution in [1.82, 2.24) is 20.3 Å². The van der Waals surface area contributed by atoms with Gasteiger partial charge in [0.05, 0.1) is 41.7 Å². The van der Waals surface area contributed by atoms with E-state index in [2.05, 4.69) is 65.2 Å². The first kappa shape index (κ1) is 33.3. The van der Waals surface area contributed by atoms with Gasteiger partial charge >= 0.3 is 6.09 Å². The number of amidine groups is 1. The maximum Gasteiger partial charge on any atom is 0.410 e. The molecule has 236 valence electrons. The highest BCUT2D eigenvalue weighted by molar-refractivity contribution is 9.10. The zero-order chi connectivity index (χ0) is 31.9. The molecular weight excluding hydrogens is 635 g/mol. The molecule has 0 aliphatic carbocycles. The van der Waals surface area contributed by atoms with Crippen LogP contribution in [0.4, 0.5) is 15.1 Å². The number of carbonyl (C=O) groups excluding carboxylic acids is 1. The lowest BCUT2D eigenvalue weighted by Gasteiger charge is -2.38. The number of anilines is 1. The number of fused-ring (bicyclic) bond motifs is 1. The Balaban J connectivity index is 1.56. The number of likely N-dealkylation sites (tertiary alicyclic amines) is 1. The highest BCUT2D eigenvalue weighted by Gasteiger charge is 2.44. The number of benzene rings is 1. The standard InChI is InChI=1S/C30H44BrFN6O4Si/c1-17-25-24(36-27(33)34-17)14-23(21-11-10-18(32)12-22(21)31)35-26(25)37-40-16-19-13-20(42-43(8,9)30(5,6)7)15-38(19)28(39)41-29(2,3)4/h10-12,19-20,23H,13-16H2,1-9H3,(H,35,37)(H2,33,34,36)/t19-,20+,23+/m0/s1. The molecule has 10 nitrogen and oxygen atoms in total. The topological polar surface area (TPSA) is 124 Å². The SMILES string of the molecule is Cc1nc(N)nc2c1C(NOC[C@@H]1C[C@@H](O[Si](C)(C)C(C)(C)C)CN1C(=O)OC(C)(C)C)=N[C@@H](c1ccc(F)cc1Br)C2. The van der Waals surface area contributed by atoms with Gasteiger partial charge in [0.15, 0.2) is 14.2 Å². The van der Waals surface area contributed by atoms with E-state index in [1.807, 2.05) is 27.7 Å². The molecule has 2 aliphatic heterocycles. The monoisotopic (exact) mass is 678 g/mol. The molecule has 0 radical (unpaired) electrons. The number of amides is 1. The molecule has 1 fully saturated rings. The second kappa shape index (κ2) is 12.4. The number of ether oxygens (including phenoxy) is 1. The van der Waals surface area contributed by atoms with Crippen LogP contribution in [0.25, 0.3) is 0 Å². The molecule has 0 bridgehead atoms. The molecular formula is C30H44BrFN6O4Si. The second-order valence-corrected chi connectivity index (χ2v) is 19.4. The Labute approximate surface area is 263 Å². The second-order valence-electron chi connectivity index (χ2n) is 13.8. The molecule has 2 aliphatic rings. The third-order valence-corrected chi connectivity index (χ3v) is 13.3. The molecule has 43 heavy (non-hydrogen) atoms. The molecule has 2 aromatic rings. The number of rotatable bonds is 6. The van der Waals surface area contributed by atoms with Crippen LogP contribution < -0.4 is 11.2 Å². The predicted molar refractivity (Wildman–Crippen MR) is 171 cm³/mol. The molecule has 1 aromatic carbocycles. The summed E-state index contributed by atoms with van der Waals surface area (Å²) in [5, 5.41) is 0.0335. The van der Waals surface area contributed by atoms with Crippen LogP contribution in [0.15, 0.2) is 27.7 Å². The van der Waals surface area contributed by atoms with Gasteiger partial charge in [0.25, 0.3) is 0 Å². The fourth-order valence-electron chi connectivity index (χ4n) is 5.05. The van der Waals surface area contributed by atoms with Crippen molar-refractivity contribution in [3.63, 3.8) is 0 Å². The first-order chi connectivity index (χ1) is 19.8. The zero-order valence-corrected chi connectivity index (χ0v) is 29.1. The summed E-state index contributed by atoms with van der Waals surface area (Å²) >= 11 is 3.47. The number of hydrogen-bond donors (Lipinski definition) is 2. The summed E-state index contributed by atoms with van der Waals surface area (Å²) < 4.78 is 26.9. The van der Waals surface area contributed by atoms with E-state index >= 15 is 0 Å². The summed E-state index contributed by atoms with van der Waals surface area (Å²) in [6.45, 7) is 19.0. The van der Waals surface area contributed by atoms with Gasteiger partial charge < -0.3 is 19.8 Å². The quantitative estimate of drug-likeness (QED) is 0.272. The van der Waals surface area contributed by atoms with Gasteiger partial charge in [-0.05, 0) is 69.9 Å². The molecule has 0 spiro atoms. The lowest BCUT2D eigenvalue weighted by Crippen LogP contribution is -2.45. The number of nitrogen functional groups attached to an aromatic ring is 1. The molecule has 1 saturated heterocycles. The number of hydroxylamine groups is 1. The fraction of sp³-hybridized carbons (Fsp3) is 0.600. The Hall–Kier alpha value is -2.61. The van der Waals surface area contributed by atoms with E-state index in [1.54, 1.807) is 11.0 Å². The number of aliphatic imine (C=N–C) groups is 1. The van der Waals surface area contributed by atoms with Crippen LogP contribution in [0.5, 0.6) is 0 Å². The Morgan fingerprint density at radius 3 is 2.53 bits per heavy atom. The number of aryl methyl sites for hydroxylation is 1. The highest BCUT2D eigenvalue weighted by atomic mass is 79.9. The van der Waals surface area contributed by atoms with Crippen LogP contribution in [0.1, 0.15) is 76.5 Å². The van der Waals surface area contributed by atoms with Crippen molar-refractivity contribution in [3.05, 3.63) is 51.0 Å². The van der Waals surface area contributed by atoms with Crippen LogP contribution in [-0.4, -0.2) is 66.0 Å². The number of nitrogens with one attached hydrogen (secondary N) is 1. The third-order valence-electron chi connectivity index (χ3n) is 8.13. The summed E-state index contributed by atoms with van der Waals surface area (Å²) in [6.07, 6.45) is 0.539. The Kier molecular flexibility index (Phi) is 9.61. The van der Waals surface area contributed by atoms with Crippen LogP contribution in [0, 0.1) is 12.7 Å². The Morgan fingerprint density at radius 1 is 1.21 bits per heavy atom. The lowest BCUT2D eigenvalue weighted by atomic mass is 9.95. The predicted octanol–water partition coefficient (Wildman–Crippen LogP) is 6.23. The van der Waals surface area contributed by atoms with Gasteiger partial charge in [-0.2, -0.15) is 0 Å². The Morgan fingerprint density at radius 2 is 1.91 bits per heavy atom. The molecule has 3 heterocycles. The number of nitrogens with two attached hydrogens (primary N) is 1. The summed E-state index contributed by atoms with van der Waals surface area (Å²) in [7, 11) is -2.07. The van der Waals surface area contributed by atoms with Crippen molar-refractivity contribution in [1.29, 1.82) is 0 Å². The van der Waals surface area contributed by atoms with Crippen molar-refractivity contribution >= 4 is 42.1 Å². The minimum absolute atomic E-state index is 0.0335. The van der Waals surface area contributed by atoms with Crippen molar-refractivity contribution in [3.8, 4) is 0 Å². The average Bonchev–Trinajstić information content (AvgIpc) is 3.23. The minimum atomic E-state index is -2.07. The van der Waals surface area contributed by atoms with Gasteiger partial charge in [0, 0.05) is 17.4 Å². The van der Waals surface area contributed by atoms with E-state index in [0.717, 1.165) is 5.56 Å². The fourth-order valence-corrected chi connectivity index (χ4v) is 7.02. The van der Waals surface area contributed by atoms with Gasteiger partial charge in [0.2, 0.25) is 5.95 Å². The van der Waals surface area contributed by atoms with E-state index in [1.165, 1.54) is 12.1 Å². The van der Waals surface area contributed by atoms with Crippen molar-refractivity contribution in [2.75, 3.05) is 18.9 Å². The van der Waals surface area contributed by atoms with Gasteiger partial charge in [0.1, 0.15) is 11.4 Å². The normalized spacial score (nSPS) is 21.0. The molecule has 1 aromatic heterocycles. The largest absolute Gasteiger partial charge is 0.444 e. The molecule has 3 N–H and O–H groups in total. The van der Waals surface area contributed by atoms with Crippen LogP contribution in [-0.2, 0) is 20.4 Å². The van der Waals surface area contributed by atoms with Crippen molar-refractivity contribution in [2.45, 2.75) is 103 Å². The van der Waals surface area contributed by atoms with Crippen molar-refractivity contribution in [2.24, 2.45) is 4.99 Å². The summed E-state index contributed by atoms with van der Waals surface area (Å²) in [6, 6.07) is 3.87. The average molecular weight is 680 g/mol. The lowest BCUT2D eigenvalue weighted by molar-refractivity contribution is 0.00229. The number of nitrogens with zero attached hydrogens (tertiary/aromatic N) is 4. The maximum atomic E-state index is 13.8.